The first-order valence-electron chi connectivity index (χ1n) is 8.96. The molecule has 146 valence electrons. The highest BCUT2D eigenvalue weighted by Gasteiger charge is 2.11. The van der Waals surface area contributed by atoms with Crippen molar-refractivity contribution < 1.29 is 19.4 Å². The third kappa shape index (κ3) is 5.04. The Kier molecular flexibility index (Phi) is 6.55. The highest BCUT2D eigenvalue weighted by atomic mass is 35.5. The molecule has 0 spiro atoms. The fourth-order valence-electron chi connectivity index (χ4n) is 2.76. The number of carboxylic acid groups (broad SMARTS) is 1. The number of ether oxygens (including phenoxy) is 2. The van der Waals surface area contributed by atoms with E-state index >= 15 is 0 Å². The summed E-state index contributed by atoms with van der Waals surface area (Å²) in [7, 11) is 0. The Hall–Kier alpha value is -2.99. The van der Waals surface area contributed by atoms with Crippen LogP contribution < -0.4 is 9.47 Å². The van der Waals surface area contributed by atoms with Crippen molar-refractivity contribution in [3.05, 3.63) is 65.2 Å². The van der Waals surface area contributed by atoms with Gasteiger partial charge in [-0.2, -0.15) is 5.10 Å². The van der Waals surface area contributed by atoms with E-state index in [4.69, 9.17) is 26.2 Å². The molecule has 0 unspecified atom stereocenters. The predicted octanol–water partition coefficient (Wildman–Crippen LogP) is 4.31. The lowest BCUT2D eigenvalue weighted by Gasteiger charge is -2.11. The Labute approximate surface area is 168 Å². The fourth-order valence-corrected chi connectivity index (χ4v) is 3.02. The summed E-state index contributed by atoms with van der Waals surface area (Å²) in [6.45, 7) is 3.29. The number of nitrogens with zero attached hydrogens (tertiary/aromatic N) is 2. The molecular formula is C21H21ClN2O4. The van der Waals surface area contributed by atoms with Crippen LogP contribution >= 0.6 is 11.6 Å². The topological polar surface area (TPSA) is 73.6 Å². The number of carbonyl (C=O) groups is 1. The van der Waals surface area contributed by atoms with E-state index in [0.29, 0.717) is 42.0 Å². The number of carboxylic acids is 1. The number of benzene rings is 2. The molecule has 1 heterocycles. The van der Waals surface area contributed by atoms with Crippen LogP contribution in [-0.2, 0) is 17.8 Å². The van der Waals surface area contributed by atoms with Gasteiger partial charge in [0.15, 0.2) is 0 Å². The summed E-state index contributed by atoms with van der Waals surface area (Å²) in [5, 5.41) is 13.8. The number of rotatable bonds is 9. The normalized spacial score (nSPS) is 10.6. The number of hydrogen-bond acceptors (Lipinski definition) is 4. The minimum absolute atomic E-state index is 0.0761. The van der Waals surface area contributed by atoms with Gasteiger partial charge >= 0.3 is 5.97 Å². The van der Waals surface area contributed by atoms with Crippen molar-refractivity contribution in [1.29, 1.82) is 0 Å². The van der Waals surface area contributed by atoms with Crippen molar-refractivity contribution in [2.75, 3.05) is 13.2 Å². The molecule has 0 saturated carbocycles. The zero-order chi connectivity index (χ0) is 19.9. The van der Waals surface area contributed by atoms with Crippen LogP contribution in [0.4, 0.5) is 0 Å². The molecule has 3 rings (SSSR count). The molecule has 0 atom stereocenters. The molecule has 0 bridgehead atoms. The molecule has 0 aliphatic rings. The summed E-state index contributed by atoms with van der Waals surface area (Å²) in [6, 6.07) is 16.8. The van der Waals surface area contributed by atoms with Gasteiger partial charge < -0.3 is 14.6 Å². The zero-order valence-electron chi connectivity index (χ0n) is 15.5. The maximum Gasteiger partial charge on any atom is 0.307 e. The minimum atomic E-state index is -0.902. The number of halogens is 1. The summed E-state index contributed by atoms with van der Waals surface area (Å²) < 4.78 is 13.2. The van der Waals surface area contributed by atoms with Gasteiger partial charge in [0.25, 0.3) is 0 Å². The molecule has 7 heteroatoms. The van der Waals surface area contributed by atoms with Crippen molar-refractivity contribution >= 4 is 17.6 Å². The van der Waals surface area contributed by atoms with Gasteiger partial charge in [-0.3, -0.25) is 4.79 Å². The molecule has 0 aliphatic heterocycles. The second-order valence-electron chi connectivity index (χ2n) is 6.07. The van der Waals surface area contributed by atoms with Crippen LogP contribution in [0.15, 0.2) is 54.6 Å². The molecule has 2 aromatic carbocycles. The zero-order valence-corrected chi connectivity index (χ0v) is 16.2. The largest absolute Gasteiger partial charge is 0.490 e. The van der Waals surface area contributed by atoms with Crippen molar-refractivity contribution in [2.45, 2.75) is 19.9 Å². The molecule has 0 aliphatic carbocycles. The average Bonchev–Trinajstić information content (AvgIpc) is 3.07. The smallest absolute Gasteiger partial charge is 0.307 e. The standard InChI is InChI=1S/C21H21ClN2O4/c1-2-27-20-14-18(16-6-4-3-5-7-16)23-24(20)10-11-28-19-9-8-15(12-17(19)22)13-21(25)26/h3-9,12,14H,2,10-11,13H2,1H3,(H,25,26). The number of aliphatic carboxylic acids is 1. The molecule has 0 saturated heterocycles. The Balaban J connectivity index is 1.67. The molecule has 0 fully saturated rings. The molecule has 28 heavy (non-hydrogen) atoms. The Morgan fingerprint density at radius 2 is 1.93 bits per heavy atom. The van der Waals surface area contributed by atoms with Gasteiger partial charge in [-0.05, 0) is 24.6 Å². The number of aromatic nitrogens is 2. The monoisotopic (exact) mass is 400 g/mol. The second kappa shape index (κ2) is 9.28. The third-order valence-corrected chi connectivity index (χ3v) is 4.31. The van der Waals surface area contributed by atoms with Gasteiger partial charge in [0.05, 0.1) is 30.3 Å². The van der Waals surface area contributed by atoms with E-state index in [1.807, 2.05) is 43.3 Å². The molecule has 1 aromatic heterocycles. The molecule has 0 amide bonds. The van der Waals surface area contributed by atoms with E-state index in [0.717, 1.165) is 11.3 Å². The highest BCUT2D eigenvalue weighted by Crippen LogP contribution is 2.27. The maximum atomic E-state index is 10.8. The first kappa shape index (κ1) is 19.8. The van der Waals surface area contributed by atoms with Crippen LogP contribution in [0.1, 0.15) is 12.5 Å². The van der Waals surface area contributed by atoms with Crippen LogP contribution in [-0.4, -0.2) is 34.1 Å². The van der Waals surface area contributed by atoms with Crippen molar-refractivity contribution in [3.63, 3.8) is 0 Å². The van der Waals surface area contributed by atoms with E-state index in [1.54, 1.807) is 22.9 Å². The molecule has 6 nitrogen and oxygen atoms in total. The van der Waals surface area contributed by atoms with Gasteiger partial charge in [0.2, 0.25) is 5.88 Å². The van der Waals surface area contributed by atoms with Gasteiger partial charge in [-0.1, -0.05) is 48.0 Å². The van der Waals surface area contributed by atoms with Crippen LogP contribution in [0.25, 0.3) is 11.3 Å². The summed E-state index contributed by atoms with van der Waals surface area (Å²) >= 11 is 6.19. The summed E-state index contributed by atoms with van der Waals surface area (Å²) in [6.07, 6.45) is -0.0761. The lowest BCUT2D eigenvalue weighted by molar-refractivity contribution is -0.136. The van der Waals surface area contributed by atoms with Gasteiger partial charge in [-0.15, -0.1) is 0 Å². The first-order chi connectivity index (χ1) is 13.6. The lowest BCUT2D eigenvalue weighted by Crippen LogP contribution is -2.12. The fraction of sp³-hybridized carbons (Fsp3) is 0.238. The molecule has 1 N–H and O–H groups in total. The van der Waals surface area contributed by atoms with Crippen LogP contribution in [0.5, 0.6) is 11.6 Å². The minimum Gasteiger partial charge on any atom is -0.490 e. The highest BCUT2D eigenvalue weighted by molar-refractivity contribution is 6.32. The van der Waals surface area contributed by atoms with Gasteiger partial charge in [0.1, 0.15) is 12.4 Å². The Bertz CT molecular complexity index is 941. The molecule has 0 radical (unpaired) electrons. The van der Waals surface area contributed by atoms with E-state index in [1.165, 1.54) is 0 Å². The van der Waals surface area contributed by atoms with Crippen molar-refractivity contribution in [1.82, 2.24) is 9.78 Å². The summed E-state index contributed by atoms with van der Waals surface area (Å²) in [5.74, 6) is 0.276. The first-order valence-corrected chi connectivity index (χ1v) is 9.33. The van der Waals surface area contributed by atoms with E-state index in [9.17, 15) is 4.79 Å². The van der Waals surface area contributed by atoms with Crippen LogP contribution in [0.3, 0.4) is 0 Å². The quantitative estimate of drug-likeness (QED) is 0.579. The lowest BCUT2D eigenvalue weighted by atomic mass is 10.1. The van der Waals surface area contributed by atoms with E-state index in [2.05, 4.69) is 5.10 Å². The summed E-state index contributed by atoms with van der Waals surface area (Å²) in [5.41, 5.74) is 2.48. The third-order valence-electron chi connectivity index (χ3n) is 4.02. The predicted molar refractivity (Wildman–Crippen MR) is 107 cm³/mol. The van der Waals surface area contributed by atoms with E-state index < -0.39 is 5.97 Å². The van der Waals surface area contributed by atoms with Crippen molar-refractivity contribution in [2.24, 2.45) is 0 Å². The Morgan fingerprint density at radius 3 is 2.61 bits per heavy atom. The van der Waals surface area contributed by atoms with Crippen LogP contribution in [0.2, 0.25) is 5.02 Å². The molecular weight excluding hydrogens is 380 g/mol. The molecule has 3 aromatic rings. The van der Waals surface area contributed by atoms with Crippen molar-refractivity contribution in [3.8, 4) is 22.9 Å². The maximum absolute atomic E-state index is 10.8. The Morgan fingerprint density at radius 1 is 1.14 bits per heavy atom. The second-order valence-corrected chi connectivity index (χ2v) is 6.48. The van der Waals surface area contributed by atoms with E-state index in [-0.39, 0.29) is 6.42 Å². The average molecular weight is 401 g/mol. The van der Waals surface area contributed by atoms with Gasteiger partial charge in [-0.25, -0.2) is 4.68 Å². The van der Waals surface area contributed by atoms with Crippen LogP contribution in [0, 0.1) is 0 Å². The summed E-state index contributed by atoms with van der Waals surface area (Å²) in [4.78, 5) is 10.8. The van der Waals surface area contributed by atoms with Gasteiger partial charge in [0, 0.05) is 11.6 Å². The number of hydrogen-bond donors (Lipinski definition) is 1. The SMILES string of the molecule is CCOc1cc(-c2ccccc2)nn1CCOc1ccc(CC(=O)O)cc1Cl.